The van der Waals surface area contributed by atoms with Crippen molar-refractivity contribution in [2.24, 2.45) is 0 Å². The number of anilines is 1. The summed E-state index contributed by atoms with van der Waals surface area (Å²) in [5.41, 5.74) is 3.94. The van der Waals surface area contributed by atoms with Crippen LogP contribution in [0.5, 0.6) is 0 Å². The summed E-state index contributed by atoms with van der Waals surface area (Å²) in [7, 11) is 1.74. The highest BCUT2D eigenvalue weighted by molar-refractivity contribution is 14.1. The van der Waals surface area contributed by atoms with E-state index in [1.165, 1.54) is 17.3 Å². The molecule has 4 rings (SSSR count). The number of allylic oxidation sites excluding steroid dienone is 2. The van der Waals surface area contributed by atoms with Gasteiger partial charge in [-0.1, -0.05) is 38.8 Å². The van der Waals surface area contributed by atoms with Crippen LogP contribution in [-0.4, -0.2) is 47.4 Å². The van der Waals surface area contributed by atoms with Gasteiger partial charge >= 0.3 is 0 Å². The van der Waals surface area contributed by atoms with Gasteiger partial charge in [0.1, 0.15) is 34.8 Å². The van der Waals surface area contributed by atoms with Gasteiger partial charge in [0.15, 0.2) is 5.82 Å². The van der Waals surface area contributed by atoms with Crippen LogP contribution in [0.15, 0.2) is 30.5 Å². The van der Waals surface area contributed by atoms with E-state index in [0.29, 0.717) is 13.2 Å². The van der Waals surface area contributed by atoms with Gasteiger partial charge in [-0.3, -0.25) is 4.79 Å². The van der Waals surface area contributed by atoms with Gasteiger partial charge in [-0.05, 0) is 74.1 Å². The van der Waals surface area contributed by atoms with Crippen LogP contribution in [-0.2, 0) is 12.5 Å². The molecule has 0 saturated carbocycles. The molecule has 0 spiro atoms. The number of fused-ring (bicyclic) bond motifs is 2. The van der Waals surface area contributed by atoms with E-state index < -0.39 is 0 Å². The number of halogens is 1. The topological polar surface area (TPSA) is 109 Å². The average Bonchev–Trinajstić information content (AvgIpc) is 3.52. The molecule has 2 bridgehead atoms. The largest absolute Gasteiger partial charge is 0.382 e. The fraction of sp³-hybridized carbons (Fsp3) is 0.567. The summed E-state index contributed by atoms with van der Waals surface area (Å²) in [5, 5.41) is 12.2. The first-order valence-electron chi connectivity index (χ1n) is 13.9. The number of hydrogen-bond acceptors (Lipinski definition) is 6. The number of nitriles is 1. The molecule has 2 aliphatic heterocycles. The molecule has 1 amide bonds. The number of ether oxygens (including phenoxy) is 2. The lowest BCUT2D eigenvalue weighted by Crippen LogP contribution is -2.47. The first-order valence-corrected chi connectivity index (χ1v) is 14.8. The maximum absolute atomic E-state index is 13.1. The van der Waals surface area contributed by atoms with Crippen molar-refractivity contribution in [1.29, 1.82) is 5.26 Å². The van der Waals surface area contributed by atoms with Crippen LogP contribution in [0.3, 0.4) is 0 Å². The predicted molar refractivity (Wildman–Crippen MR) is 160 cm³/mol. The molecule has 2 aromatic rings. The van der Waals surface area contributed by atoms with Crippen molar-refractivity contribution < 1.29 is 17.3 Å². The highest BCUT2D eigenvalue weighted by Gasteiger charge is 2.55. The summed E-state index contributed by atoms with van der Waals surface area (Å²) in [4.78, 5) is 19.9. The Morgan fingerprint density at radius 2 is 2.05 bits per heavy atom. The molecule has 0 radical (unpaired) electrons. The van der Waals surface area contributed by atoms with Crippen LogP contribution in [0.25, 0.3) is 5.57 Å². The standard InChI is InChI=1S/C30H39IN4O4/c1-4-6-8-21(9-7-5-2)25-14-22(10-11-26(25)35-28(36)27-33-18-24(17-32)34-27)23-15-29(19-37-3)12-13-30(16-23,39-29)20-38-31/h8,10-11,14,18,23H,4-7,9,12-13,15-16,19-20H2,1-3H3,(H,33,34)(H,35,36)/b21-8+/t23-,29+,30-/m0/s1. The van der Waals surface area contributed by atoms with Crippen molar-refractivity contribution in [3.05, 3.63) is 53.1 Å². The van der Waals surface area contributed by atoms with Crippen LogP contribution in [0.2, 0.25) is 0 Å². The van der Waals surface area contributed by atoms with E-state index in [4.69, 9.17) is 17.8 Å². The van der Waals surface area contributed by atoms with E-state index in [1.807, 2.05) is 35.1 Å². The number of aromatic nitrogens is 2. The zero-order chi connectivity index (χ0) is 27.9. The number of carbonyl (C=O) groups excluding carboxylic acids is 1. The van der Waals surface area contributed by atoms with Gasteiger partial charge in [-0.15, -0.1) is 0 Å². The number of hydrogen-bond donors (Lipinski definition) is 2. The third kappa shape index (κ3) is 6.91. The number of methoxy groups -OCH3 is 1. The Kier molecular flexibility index (Phi) is 10.2. The lowest BCUT2D eigenvalue weighted by molar-refractivity contribution is -0.174. The quantitative estimate of drug-likeness (QED) is 0.225. The lowest BCUT2D eigenvalue weighted by Gasteiger charge is -2.43. The summed E-state index contributed by atoms with van der Waals surface area (Å²) in [6.45, 7) is 5.50. The second-order valence-corrected chi connectivity index (χ2v) is 11.5. The van der Waals surface area contributed by atoms with Gasteiger partial charge in [0.2, 0.25) is 0 Å². The van der Waals surface area contributed by atoms with Crippen molar-refractivity contribution in [1.82, 2.24) is 9.97 Å². The first-order chi connectivity index (χ1) is 18.9. The molecule has 8 nitrogen and oxygen atoms in total. The number of unbranched alkanes of at least 4 members (excludes halogenated alkanes) is 2. The molecule has 0 aliphatic carbocycles. The Hall–Kier alpha value is -2.26. The molecule has 2 fully saturated rings. The molecule has 2 aliphatic rings. The zero-order valence-corrected chi connectivity index (χ0v) is 25.3. The number of benzene rings is 1. The summed E-state index contributed by atoms with van der Waals surface area (Å²) in [5.74, 6) is 0.0444. The normalized spacial score (nSPS) is 24.5. The molecule has 3 heterocycles. The van der Waals surface area contributed by atoms with E-state index in [0.717, 1.165) is 69.0 Å². The number of nitrogens with zero attached hydrogens (tertiary/aromatic N) is 2. The van der Waals surface area contributed by atoms with Crippen molar-refractivity contribution >= 4 is 40.2 Å². The molecular formula is C30H39IN4O4. The molecule has 2 saturated heterocycles. The lowest BCUT2D eigenvalue weighted by atomic mass is 9.79. The molecular weight excluding hydrogens is 607 g/mol. The highest BCUT2D eigenvalue weighted by atomic mass is 127. The number of carbonyl (C=O) groups is 1. The van der Waals surface area contributed by atoms with E-state index in [2.05, 4.69) is 47.3 Å². The minimum absolute atomic E-state index is 0.123. The van der Waals surface area contributed by atoms with Crippen molar-refractivity contribution in [2.75, 3.05) is 25.6 Å². The Morgan fingerprint density at radius 3 is 2.69 bits per heavy atom. The second-order valence-electron chi connectivity index (χ2n) is 10.9. The highest BCUT2D eigenvalue weighted by Crippen LogP contribution is 2.54. The maximum Gasteiger partial charge on any atom is 0.291 e. The SMILES string of the molecule is CCC/C=C(\CCCC)c1cc([C@H]2C[C@@]3(COC)CC[C@@](COI)(C2)O3)ccc1NC(=O)c1ncc(C#N)[nH]1. The molecule has 2 N–H and O–H groups in total. The molecule has 1 aromatic heterocycles. The molecule has 1 aromatic carbocycles. The van der Waals surface area contributed by atoms with E-state index in [-0.39, 0.29) is 34.5 Å². The average molecular weight is 647 g/mol. The van der Waals surface area contributed by atoms with E-state index in [9.17, 15) is 4.79 Å². The van der Waals surface area contributed by atoms with Crippen LogP contribution in [0, 0.1) is 11.3 Å². The first kappa shape index (κ1) is 29.7. The Morgan fingerprint density at radius 1 is 1.28 bits per heavy atom. The molecule has 0 unspecified atom stereocenters. The fourth-order valence-electron chi connectivity index (χ4n) is 6.09. The summed E-state index contributed by atoms with van der Waals surface area (Å²) in [6.07, 6.45) is 12.5. The van der Waals surface area contributed by atoms with Crippen LogP contribution < -0.4 is 5.32 Å². The second kappa shape index (κ2) is 13.4. The van der Waals surface area contributed by atoms with Crippen molar-refractivity contribution in [3.8, 4) is 6.07 Å². The minimum atomic E-state index is -0.364. The zero-order valence-electron chi connectivity index (χ0n) is 23.1. The number of nitrogens with one attached hydrogen (secondary N) is 2. The van der Waals surface area contributed by atoms with Crippen molar-refractivity contribution in [3.63, 3.8) is 0 Å². The van der Waals surface area contributed by atoms with E-state index in [1.54, 1.807) is 7.11 Å². The van der Waals surface area contributed by atoms with E-state index >= 15 is 0 Å². The van der Waals surface area contributed by atoms with Gasteiger partial charge < -0.3 is 22.8 Å². The van der Waals surface area contributed by atoms with Gasteiger partial charge in [-0.25, -0.2) is 4.98 Å². The minimum Gasteiger partial charge on any atom is -0.382 e. The maximum atomic E-state index is 13.1. The smallest absolute Gasteiger partial charge is 0.291 e. The van der Waals surface area contributed by atoms with Gasteiger partial charge in [0, 0.05) is 18.4 Å². The van der Waals surface area contributed by atoms with Crippen LogP contribution >= 0.6 is 23.0 Å². The summed E-state index contributed by atoms with van der Waals surface area (Å²) < 4.78 is 17.9. The van der Waals surface area contributed by atoms with Crippen molar-refractivity contribution in [2.45, 2.75) is 88.8 Å². The third-order valence-electron chi connectivity index (χ3n) is 7.93. The summed E-state index contributed by atoms with van der Waals surface area (Å²) >= 11 is 1.97. The monoisotopic (exact) mass is 646 g/mol. The number of rotatable bonds is 13. The number of aromatic amines is 1. The Balaban J connectivity index is 1.72. The van der Waals surface area contributed by atoms with Crippen LogP contribution in [0.1, 0.15) is 105 Å². The molecule has 3 atom stereocenters. The third-order valence-corrected chi connectivity index (χ3v) is 8.24. The molecule has 9 heteroatoms. The fourth-order valence-corrected chi connectivity index (χ4v) is 6.66. The van der Waals surface area contributed by atoms with Gasteiger partial charge in [0.05, 0.1) is 30.6 Å². The number of amides is 1. The number of imidazole rings is 1. The number of H-pyrrole nitrogens is 1. The Bertz CT molecular complexity index is 1200. The molecule has 39 heavy (non-hydrogen) atoms. The van der Waals surface area contributed by atoms with Gasteiger partial charge in [-0.2, -0.15) is 5.26 Å². The predicted octanol–water partition coefficient (Wildman–Crippen LogP) is 7.09. The molecule has 210 valence electrons. The Labute approximate surface area is 245 Å². The van der Waals surface area contributed by atoms with Crippen LogP contribution in [0.4, 0.5) is 5.69 Å². The summed E-state index contributed by atoms with van der Waals surface area (Å²) in [6, 6.07) is 8.41. The van der Waals surface area contributed by atoms with Gasteiger partial charge in [0.25, 0.3) is 5.91 Å².